The smallest absolute Gasteiger partial charge is 0.141 e. The highest BCUT2D eigenvalue weighted by Crippen LogP contribution is 2.37. The Bertz CT molecular complexity index is 435. The number of nitrogens with one attached hydrogen (secondary N) is 1. The average molecular weight is 277 g/mol. The molecule has 0 radical (unpaired) electrons. The summed E-state index contributed by atoms with van der Waals surface area (Å²) < 4.78 is 2.08. The van der Waals surface area contributed by atoms with E-state index in [-0.39, 0.29) is 0 Å². The molecule has 1 aliphatic heterocycles. The number of hydrogen-bond acceptors (Lipinski definition) is 4. The van der Waals surface area contributed by atoms with E-state index in [2.05, 4.69) is 38.8 Å². The molecule has 1 spiro atoms. The van der Waals surface area contributed by atoms with Crippen molar-refractivity contribution in [3.05, 3.63) is 12.2 Å². The summed E-state index contributed by atoms with van der Waals surface area (Å²) >= 11 is 0. The standard InChI is InChI=1S/C15H27N5/c1-3-8-20-14(17-12-18-20)10-19-9-13(2)16-11-15(19)6-4-5-7-15/h12-13,16H,3-11H2,1-2H3. The van der Waals surface area contributed by atoms with Gasteiger partial charge in [0.1, 0.15) is 12.2 Å². The lowest BCUT2D eigenvalue weighted by atomic mass is 9.91. The van der Waals surface area contributed by atoms with Crippen molar-refractivity contribution in [3.63, 3.8) is 0 Å². The van der Waals surface area contributed by atoms with Crippen LogP contribution in [0, 0.1) is 0 Å². The van der Waals surface area contributed by atoms with E-state index in [0.717, 1.165) is 38.4 Å². The van der Waals surface area contributed by atoms with Gasteiger partial charge in [-0.05, 0) is 26.2 Å². The van der Waals surface area contributed by atoms with Crippen molar-refractivity contribution in [2.45, 2.75) is 70.6 Å². The van der Waals surface area contributed by atoms with Crippen LogP contribution in [-0.2, 0) is 13.1 Å². The molecule has 112 valence electrons. The predicted molar refractivity (Wildman–Crippen MR) is 79.4 cm³/mol. The largest absolute Gasteiger partial charge is 0.311 e. The zero-order chi connectivity index (χ0) is 14.0. The summed E-state index contributed by atoms with van der Waals surface area (Å²) in [6, 6.07) is 0.573. The van der Waals surface area contributed by atoms with Gasteiger partial charge in [-0.3, -0.25) is 4.90 Å². The summed E-state index contributed by atoms with van der Waals surface area (Å²) in [5.41, 5.74) is 0.371. The van der Waals surface area contributed by atoms with Gasteiger partial charge in [0.25, 0.3) is 0 Å². The van der Waals surface area contributed by atoms with E-state index >= 15 is 0 Å². The molecule has 3 rings (SSSR count). The van der Waals surface area contributed by atoms with Gasteiger partial charge >= 0.3 is 0 Å². The summed E-state index contributed by atoms with van der Waals surface area (Å²) in [4.78, 5) is 7.18. The van der Waals surface area contributed by atoms with E-state index in [1.54, 1.807) is 6.33 Å². The van der Waals surface area contributed by atoms with Crippen molar-refractivity contribution in [3.8, 4) is 0 Å². The van der Waals surface area contributed by atoms with Gasteiger partial charge < -0.3 is 5.32 Å². The minimum Gasteiger partial charge on any atom is -0.311 e. The predicted octanol–water partition coefficient (Wildman–Crippen LogP) is 1.79. The molecule has 1 atom stereocenters. The van der Waals surface area contributed by atoms with Crippen LogP contribution in [0.2, 0.25) is 0 Å². The van der Waals surface area contributed by atoms with Crippen LogP contribution in [0.25, 0.3) is 0 Å². The highest BCUT2D eigenvalue weighted by molar-refractivity contribution is 5.03. The lowest BCUT2D eigenvalue weighted by Gasteiger charge is -2.47. The third-order valence-electron chi connectivity index (χ3n) is 4.94. The first-order valence-electron chi connectivity index (χ1n) is 8.09. The maximum atomic E-state index is 4.50. The quantitative estimate of drug-likeness (QED) is 0.911. The Morgan fingerprint density at radius 2 is 2.20 bits per heavy atom. The zero-order valence-corrected chi connectivity index (χ0v) is 12.8. The van der Waals surface area contributed by atoms with Gasteiger partial charge in [-0.1, -0.05) is 19.8 Å². The molecule has 1 aromatic heterocycles. The fourth-order valence-electron chi connectivity index (χ4n) is 3.80. The molecular formula is C15H27N5. The Morgan fingerprint density at radius 1 is 1.40 bits per heavy atom. The van der Waals surface area contributed by atoms with E-state index in [4.69, 9.17) is 0 Å². The Morgan fingerprint density at radius 3 is 2.95 bits per heavy atom. The summed E-state index contributed by atoms with van der Waals surface area (Å²) in [7, 11) is 0. The van der Waals surface area contributed by atoms with Gasteiger partial charge in [0.2, 0.25) is 0 Å². The molecule has 20 heavy (non-hydrogen) atoms. The fourth-order valence-corrected chi connectivity index (χ4v) is 3.80. The second-order valence-electron chi connectivity index (χ2n) is 6.49. The van der Waals surface area contributed by atoms with Crippen LogP contribution in [-0.4, -0.2) is 44.3 Å². The minimum absolute atomic E-state index is 0.371. The first kappa shape index (κ1) is 14.0. The summed E-state index contributed by atoms with van der Waals surface area (Å²) in [5, 5.41) is 8.05. The first-order chi connectivity index (χ1) is 9.73. The summed E-state index contributed by atoms with van der Waals surface area (Å²) in [5.74, 6) is 1.13. The molecule has 2 fully saturated rings. The highest BCUT2D eigenvalue weighted by atomic mass is 15.4. The summed E-state index contributed by atoms with van der Waals surface area (Å²) in [6.07, 6.45) is 8.21. The van der Waals surface area contributed by atoms with Crippen LogP contribution in [0.1, 0.15) is 51.8 Å². The molecule has 1 aromatic rings. The van der Waals surface area contributed by atoms with Gasteiger partial charge in [-0.15, -0.1) is 0 Å². The third-order valence-corrected chi connectivity index (χ3v) is 4.94. The Kier molecular flexibility index (Phi) is 4.08. The normalized spacial score (nSPS) is 26.4. The molecule has 1 aliphatic carbocycles. The monoisotopic (exact) mass is 277 g/mol. The topological polar surface area (TPSA) is 46.0 Å². The Balaban J connectivity index is 1.77. The van der Waals surface area contributed by atoms with Crippen LogP contribution >= 0.6 is 0 Å². The number of nitrogens with zero attached hydrogens (tertiary/aromatic N) is 4. The second-order valence-corrected chi connectivity index (χ2v) is 6.49. The SMILES string of the molecule is CCCn1ncnc1CN1CC(C)NCC12CCCC2. The van der Waals surface area contributed by atoms with Crippen molar-refractivity contribution < 1.29 is 0 Å². The number of hydrogen-bond donors (Lipinski definition) is 1. The van der Waals surface area contributed by atoms with Crippen molar-refractivity contribution in [2.75, 3.05) is 13.1 Å². The maximum absolute atomic E-state index is 4.50. The number of aromatic nitrogens is 3. The van der Waals surface area contributed by atoms with Gasteiger partial charge in [-0.2, -0.15) is 5.10 Å². The van der Waals surface area contributed by atoms with Gasteiger partial charge in [0.05, 0.1) is 6.54 Å². The third kappa shape index (κ3) is 2.61. The van der Waals surface area contributed by atoms with Crippen LogP contribution in [0.15, 0.2) is 6.33 Å². The van der Waals surface area contributed by atoms with Gasteiger partial charge in [0, 0.05) is 31.2 Å². The fraction of sp³-hybridized carbons (Fsp3) is 0.867. The number of piperazine rings is 1. The lowest BCUT2D eigenvalue weighted by Crippen LogP contribution is -2.62. The molecule has 0 bridgehead atoms. The average Bonchev–Trinajstić information content (AvgIpc) is 3.06. The molecule has 2 heterocycles. The molecule has 0 amide bonds. The number of rotatable bonds is 4. The maximum Gasteiger partial charge on any atom is 0.141 e. The van der Waals surface area contributed by atoms with E-state index in [0.29, 0.717) is 11.6 Å². The summed E-state index contributed by atoms with van der Waals surface area (Å²) in [6.45, 7) is 8.66. The van der Waals surface area contributed by atoms with Crippen LogP contribution < -0.4 is 5.32 Å². The van der Waals surface area contributed by atoms with Gasteiger partial charge in [-0.25, -0.2) is 9.67 Å². The van der Waals surface area contributed by atoms with Crippen molar-refractivity contribution in [1.29, 1.82) is 0 Å². The second kappa shape index (κ2) is 5.82. The molecule has 1 saturated carbocycles. The Labute approximate surface area is 121 Å². The molecule has 2 aliphatic rings. The van der Waals surface area contributed by atoms with Crippen LogP contribution in [0.3, 0.4) is 0 Å². The van der Waals surface area contributed by atoms with Crippen molar-refractivity contribution in [2.24, 2.45) is 0 Å². The molecule has 5 heteroatoms. The van der Waals surface area contributed by atoms with Gasteiger partial charge in [0.15, 0.2) is 0 Å². The van der Waals surface area contributed by atoms with Crippen LogP contribution in [0.5, 0.6) is 0 Å². The highest BCUT2D eigenvalue weighted by Gasteiger charge is 2.42. The van der Waals surface area contributed by atoms with Crippen molar-refractivity contribution in [1.82, 2.24) is 25.0 Å². The molecule has 1 unspecified atom stereocenters. The van der Waals surface area contributed by atoms with E-state index < -0.39 is 0 Å². The van der Waals surface area contributed by atoms with E-state index in [9.17, 15) is 0 Å². The number of aryl methyl sites for hydroxylation is 1. The van der Waals surface area contributed by atoms with E-state index in [1.807, 2.05) is 0 Å². The molecule has 1 N–H and O–H groups in total. The molecular weight excluding hydrogens is 250 g/mol. The lowest BCUT2D eigenvalue weighted by molar-refractivity contribution is 0.0358. The molecule has 0 aromatic carbocycles. The minimum atomic E-state index is 0.371. The van der Waals surface area contributed by atoms with Crippen LogP contribution in [0.4, 0.5) is 0 Å². The zero-order valence-electron chi connectivity index (χ0n) is 12.8. The van der Waals surface area contributed by atoms with Crippen molar-refractivity contribution >= 4 is 0 Å². The molecule has 1 saturated heterocycles. The first-order valence-corrected chi connectivity index (χ1v) is 8.09. The molecule has 5 nitrogen and oxygen atoms in total. The van der Waals surface area contributed by atoms with E-state index in [1.165, 1.54) is 25.7 Å². The Hall–Kier alpha value is -0.940.